The molecule has 0 bridgehead atoms. The van der Waals surface area contributed by atoms with Crippen molar-refractivity contribution in [3.05, 3.63) is 35.9 Å². The highest BCUT2D eigenvalue weighted by Crippen LogP contribution is 2.32. The van der Waals surface area contributed by atoms with Crippen LogP contribution in [0.1, 0.15) is 44.7 Å². The van der Waals surface area contributed by atoms with E-state index in [4.69, 9.17) is 0 Å². The maximum absolute atomic E-state index is 2.75. The normalized spacial score (nSPS) is 30.2. The highest BCUT2D eigenvalue weighted by atomic mass is 15.3. The molecule has 3 atom stereocenters. The number of fused-ring (bicyclic) bond motifs is 1. The summed E-state index contributed by atoms with van der Waals surface area (Å²) in [5.41, 5.74) is 1.49. The second kappa shape index (κ2) is 5.64. The Labute approximate surface area is 117 Å². The third kappa shape index (κ3) is 2.56. The van der Waals surface area contributed by atoms with Crippen LogP contribution >= 0.6 is 0 Å². The summed E-state index contributed by atoms with van der Waals surface area (Å²) >= 11 is 0. The van der Waals surface area contributed by atoms with Crippen molar-refractivity contribution in [2.75, 3.05) is 19.6 Å². The molecule has 2 fully saturated rings. The van der Waals surface area contributed by atoms with Gasteiger partial charge in [-0.25, -0.2) is 0 Å². The lowest BCUT2D eigenvalue weighted by atomic mass is 9.98. The standard InChI is InChI=1S/C17H26N2/c1-3-17(15-8-5-4-6-9-15)19-13-16-10-7-11-18(16)12-14(19)2/h4-6,8-9,14,16-17H,3,7,10-13H2,1-2H3. The summed E-state index contributed by atoms with van der Waals surface area (Å²) in [5, 5.41) is 0. The zero-order valence-electron chi connectivity index (χ0n) is 12.3. The summed E-state index contributed by atoms with van der Waals surface area (Å²) in [6.45, 7) is 8.57. The Bertz CT molecular complexity index is 403. The Morgan fingerprint density at radius 1 is 1.21 bits per heavy atom. The van der Waals surface area contributed by atoms with Gasteiger partial charge in [0.25, 0.3) is 0 Å². The number of piperazine rings is 1. The van der Waals surface area contributed by atoms with Gasteiger partial charge in [0.2, 0.25) is 0 Å². The fourth-order valence-corrected chi connectivity index (χ4v) is 3.98. The van der Waals surface area contributed by atoms with E-state index in [0.29, 0.717) is 12.1 Å². The molecular formula is C17H26N2. The molecule has 3 rings (SSSR count). The van der Waals surface area contributed by atoms with Gasteiger partial charge in [0.15, 0.2) is 0 Å². The lowest BCUT2D eigenvalue weighted by molar-refractivity contribution is 0.0258. The van der Waals surface area contributed by atoms with Gasteiger partial charge in [-0.2, -0.15) is 0 Å². The van der Waals surface area contributed by atoms with Crippen molar-refractivity contribution >= 4 is 0 Å². The summed E-state index contributed by atoms with van der Waals surface area (Å²) in [4.78, 5) is 5.46. The Kier molecular flexibility index (Phi) is 3.90. The highest BCUT2D eigenvalue weighted by Gasteiger charge is 2.37. The van der Waals surface area contributed by atoms with Crippen LogP contribution in [-0.4, -0.2) is 41.5 Å². The van der Waals surface area contributed by atoms with Crippen molar-refractivity contribution in [2.45, 2.75) is 51.2 Å². The average molecular weight is 258 g/mol. The molecule has 0 radical (unpaired) electrons. The van der Waals surface area contributed by atoms with Crippen molar-refractivity contribution in [1.29, 1.82) is 0 Å². The van der Waals surface area contributed by atoms with Gasteiger partial charge in [-0.15, -0.1) is 0 Å². The summed E-state index contributed by atoms with van der Waals surface area (Å²) in [6, 6.07) is 13.1. The monoisotopic (exact) mass is 258 g/mol. The number of nitrogens with zero attached hydrogens (tertiary/aromatic N) is 2. The molecule has 104 valence electrons. The molecule has 3 unspecified atom stereocenters. The SMILES string of the molecule is CCC(c1ccccc1)N1CC2CCCN2CC1C. The molecule has 2 heteroatoms. The van der Waals surface area contributed by atoms with Crippen LogP contribution in [0.4, 0.5) is 0 Å². The number of hydrogen-bond acceptors (Lipinski definition) is 2. The number of rotatable bonds is 3. The molecule has 1 aromatic carbocycles. The fourth-order valence-electron chi connectivity index (χ4n) is 3.98. The Morgan fingerprint density at radius 2 is 2.00 bits per heavy atom. The minimum Gasteiger partial charge on any atom is -0.298 e. The summed E-state index contributed by atoms with van der Waals surface area (Å²) in [6.07, 6.45) is 4.00. The Morgan fingerprint density at radius 3 is 2.74 bits per heavy atom. The molecule has 2 heterocycles. The molecule has 2 saturated heterocycles. The molecule has 0 spiro atoms. The summed E-state index contributed by atoms with van der Waals surface area (Å²) < 4.78 is 0. The molecular weight excluding hydrogens is 232 g/mol. The van der Waals surface area contributed by atoms with Crippen LogP contribution in [-0.2, 0) is 0 Å². The number of hydrogen-bond donors (Lipinski definition) is 0. The van der Waals surface area contributed by atoms with Crippen LogP contribution in [0.2, 0.25) is 0 Å². The molecule has 19 heavy (non-hydrogen) atoms. The van der Waals surface area contributed by atoms with Crippen LogP contribution < -0.4 is 0 Å². The van der Waals surface area contributed by atoms with Gasteiger partial charge >= 0.3 is 0 Å². The zero-order chi connectivity index (χ0) is 13.2. The first-order valence-corrected chi connectivity index (χ1v) is 7.84. The van der Waals surface area contributed by atoms with E-state index in [9.17, 15) is 0 Å². The van der Waals surface area contributed by atoms with Gasteiger partial charge in [0.1, 0.15) is 0 Å². The molecule has 2 aliphatic heterocycles. The Hall–Kier alpha value is -0.860. The van der Waals surface area contributed by atoms with E-state index in [1.165, 1.54) is 44.5 Å². The van der Waals surface area contributed by atoms with E-state index in [2.05, 4.69) is 54.0 Å². The van der Waals surface area contributed by atoms with E-state index in [1.807, 2.05) is 0 Å². The van der Waals surface area contributed by atoms with E-state index >= 15 is 0 Å². The first-order chi connectivity index (χ1) is 9.29. The molecule has 2 nitrogen and oxygen atoms in total. The van der Waals surface area contributed by atoms with Gasteiger partial charge in [0.05, 0.1) is 0 Å². The van der Waals surface area contributed by atoms with Crippen molar-refractivity contribution in [3.8, 4) is 0 Å². The first-order valence-electron chi connectivity index (χ1n) is 7.84. The van der Waals surface area contributed by atoms with E-state index < -0.39 is 0 Å². The largest absolute Gasteiger partial charge is 0.298 e. The second-order valence-electron chi connectivity index (χ2n) is 6.17. The molecule has 0 aromatic heterocycles. The lowest BCUT2D eigenvalue weighted by Crippen LogP contribution is -2.55. The minimum absolute atomic E-state index is 0.596. The van der Waals surface area contributed by atoms with Crippen LogP contribution in [0, 0.1) is 0 Å². The molecule has 1 aromatic rings. The molecule has 0 N–H and O–H groups in total. The number of benzene rings is 1. The minimum atomic E-state index is 0.596. The highest BCUT2D eigenvalue weighted by molar-refractivity contribution is 5.19. The third-order valence-electron chi connectivity index (χ3n) is 4.96. The lowest BCUT2D eigenvalue weighted by Gasteiger charge is -2.46. The first kappa shape index (κ1) is 13.1. The van der Waals surface area contributed by atoms with Gasteiger partial charge in [-0.1, -0.05) is 37.3 Å². The molecule has 0 amide bonds. The van der Waals surface area contributed by atoms with Crippen LogP contribution in [0.5, 0.6) is 0 Å². The summed E-state index contributed by atoms with van der Waals surface area (Å²) in [5.74, 6) is 0. The quantitative estimate of drug-likeness (QED) is 0.821. The van der Waals surface area contributed by atoms with Crippen molar-refractivity contribution in [2.24, 2.45) is 0 Å². The van der Waals surface area contributed by atoms with Crippen LogP contribution in [0.25, 0.3) is 0 Å². The zero-order valence-corrected chi connectivity index (χ0v) is 12.3. The third-order valence-corrected chi connectivity index (χ3v) is 4.96. The average Bonchev–Trinajstić information content (AvgIpc) is 2.88. The van der Waals surface area contributed by atoms with Crippen molar-refractivity contribution < 1.29 is 0 Å². The summed E-state index contributed by atoms with van der Waals surface area (Å²) in [7, 11) is 0. The second-order valence-corrected chi connectivity index (χ2v) is 6.17. The van der Waals surface area contributed by atoms with Crippen LogP contribution in [0.15, 0.2) is 30.3 Å². The Balaban J connectivity index is 1.79. The smallest absolute Gasteiger partial charge is 0.0349 e. The van der Waals surface area contributed by atoms with Gasteiger partial charge in [-0.3, -0.25) is 9.80 Å². The maximum atomic E-state index is 2.75. The molecule has 2 aliphatic rings. The topological polar surface area (TPSA) is 6.48 Å². The molecule has 0 aliphatic carbocycles. The van der Waals surface area contributed by atoms with E-state index in [-0.39, 0.29) is 0 Å². The maximum Gasteiger partial charge on any atom is 0.0349 e. The van der Waals surface area contributed by atoms with Crippen LogP contribution in [0.3, 0.4) is 0 Å². The van der Waals surface area contributed by atoms with Crippen molar-refractivity contribution in [1.82, 2.24) is 9.80 Å². The van der Waals surface area contributed by atoms with Crippen molar-refractivity contribution in [3.63, 3.8) is 0 Å². The molecule has 0 saturated carbocycles. The predicted octanol–water partition coefficient (Wildman–Crippen LogP) is 3.31. The van der Waals surface area contributed by atoms with Gasteiger partial charge in [0, 0.05) is 31.2 Å². The fraction of sp³-hybridized carbons (Fsp3) is 0.647. The van der Waals surface area contributed by atoms with E-state index in [0.717, 1.165) is 6.04 Å². The van der Waals surface area contributed by atoms with E-state index in [1.54, 1.807) is 0 Å². The predicted molar refractivity (Wildman–Crippen MR) is 80.2 cm³/mol. The van der Waals surface area contributed by atoms with Gasteiger partial charge < -0.3 is 0 Å². The van der Waals surface area contributed by atoms with Gasteiger partial charge in [-0.05, 0) is 38.3 Å².